The lowest BCUT2D eigenvalue weighted by Crippen LogP contribution is -2.21. The van der Waals surface area contributed by atoms with Gasteiger partial charge in [0.2, 0.25) is 0 Å². The number of aliphatic hydroxyl groups excluding tert-OH is 1. The standard InChI is InChI=1S/C15H23NO3/c1-18-14-5-6-15(19-2)12(8-14)10-16-9-11-3-4-13(17)7-11/h5-6,8,11,13,16-17H,3-4,7,9-10H2,1-2H3. The van der Waals surface area contributed by atoms with Crippen molar-refractivity contribution in [2.45, 2.75) is 31.9 Å². The van der Waals surface area contributed by atoms with Gasteiger partial charge in [-0.2, -0.15) is 0 Å². The lowest BCUT2D eigenvalue weighted by Gasteiger charge is -2.14. The highest BCUT2D eigenvalue weighted by Crippen LogP contribution is 2.26. The zero-order valence-electron chi connectivity index (χ0n) is 11.7. The molecule has 0 aromatic heterocycles. The normalized spacial score (nSPS) is 22.5. The highest BCUT2D eigenvalue weighted by atomic mass is 16.5. The molecule has 0 aliphatic heterocycles. The second-order valence-corrected chi connectivity index (χ2v) is 5.14. The fourth-order valence-corrected chi connectivity index (χ4v) is 2.66. The van der Waals surface area contributed by atoms with E-state index in [2.05, 4.69) is 5.32 Å². The summed E-state index contributed by atoms with van der Waals surface area (Å²) >= 11 is 0. The first-order chi connectivity index (χ1) is 9.22. The van der Waals surface area contributed by atoms with Crippen LogP contribution in [0, 0.1) is 5.92 Å². The zero-order valence-corrected chi connectivity index (χ0v) is 11.7. The smallest absolute Gasteiger partial charge is 0.123 e. The third-order valence-electron chi connectivity index (χ3n) is 3.75. The summed E-state index contributed by atoms with van der Waals surface area (Å²) in [6.45, 7) is 1.70. The molecule has 0 radical (unpaired) electrons. The van der Waals surface area contributed by atoms with E-state index >= 15 is 0 Å². The number of ether oxygens (including phenoxy) is 2. The second kappa shape index (κ2) is 6.78. The van der Waals surface area contributed by atoms with Crippen LogP contribution in [0.4, 0.5) is 0 Å². The Morgan fingerprint density at radius 2 is 2.11 bits per heavy atom. The number of aliphatic hydroxyl groups is 1. The van der Waals surface area contributed by atoms with Crippen LogP contribution >= 0.6 is 0 Å². The van der Waals surface area contributed by atoms with Crippen LogP contribution in [0.3, 0.4) is 0 Å². The van der Waals surface area contributed by atoms with Crippen molar-refractivity contribution < 1.29 is 14.6 Å². The van der Waals surface area contributed by atoms with Gasteiger partial charge in [-0.15, -0.1) is 0 Å². The van der Waals surface area contributed by atoms with E-state index in [9.17, 15) is 5.11 Å². The summed E-state index contributed by atoms with van der Waals surface area (Å²) in [5, 5.41) is 12.9. The van der Waals surface area contributed by atoms with E-state index in [1.807, 2.05) is 18.2 Å². The molecule has 1 saturated carbocycles. The van der Waals surface area contributed by atoms with Gasteiger partial charge >= 0.3 is 0 Å². The molecule has 4 nitrogen and oxygen atoms in total. The van der Waals surface area contributed by atoms with Crippen molar-refractivity contribution in [2.75, 3.05) is 20.8 Å². The molecular formula is C15H23NO3. The number of hydrogen-bond donors (Lipinski definition) is 2. The largest absolute Gasteiger partial charge is 0.497 e. The Labute approximate surface area is 114 Å². The monoisotopic (exact) mass is 265 g/mol. The molecule has 4 heteroatoms. The van der Waals surface area contributed by atoms with Crippen LogP contribution in [0.5, 0.6) is 11.5 Å². The number of nitrogens with one attached hydrogen (secondary N) is 1. The highest BCUT2D eigenvalue weighted by Gasteiger charge is 2.22. The third kappa shape index (κ3) is 3.85. The molecule has 0 saturated heterocycles. The zero-order chi connectivity index (χ0) is 13.7. The minimum atomic E-state index is -0.0989. The van der Waals surface area contributed by atoms with Gasteiger partial charge in [0.05, 0.1) is 20.3 Å². The number of benzene rings is 1. The average Bonchev–Trinajstić information content (AvgIpc) is 2.84. The van der Waals surface area contributed by atoms with Crippen molar-refractivity contribution in [1.82, 2.24) is 5.32 Å². The van der Waals surface area contributed by atoms with Crippen LogP contribution in [0.2, 0.25) is 0 Å². The minimum Gasteiger partial charge on any atom is -0.497 e. The maximum absolute atomic E-state index is 9.50. The second-order valence-electron chi connectivity index (χ2n) is 5.14. The molecule has 1 aliphatic carbocycles. The Bertz CT molecular complexity index is 408. The molecular weight excluding hydrogens is 242 g/mol. The maximum atomic E-state index is 9.50. The molecule has 2 rings (SSSR count). The molecule has 19 heavy (non-hydrogen) atoms. The lowest BCUT2D eigenvalue weighted by molar-refractivity contribution is 0.177. The van der Waals surface area contributed by atoms with E-state index in [0.29, 0.717) is 5.92 Å². The van der Waals surface area contributed by atoms with Crippen molar-refractivity contribution >= 4 is 0 Å². The van der Waals surface area contributed by atoms with E-state index in [1.165, 1.54) is 0 Å². The number of rotatable bonds is 6. The fourth-order valence-electron chi connectivity index (χ4n) is 2.66. The minimum absolute atomic E-state index is 0.0989. The first-order valence-corrected chi connectivity index (χ1v) is 6.82. The molecule has 0 amide bonds. The van der Waals surface area contributed by atoms with Gasteiger partial charge in [0.1, 0.15) is 11.5 Å². The fraction of sp³-hybridized carbons (Fsp3) is 0.600. The Morgan fingerprint density at radius 3 is 2.74 bits per heavy atom. The van der Waals surface area contributed by atoms with Crippen LogP contribution in [0.25, 0.3) is 0 Å². The van der Waals surface area contributed by atoms with Crippen molar-refractivity contribution in [3.8, 4) is 11.5 Å². The molecule has 0 heterocycles. The lowest BCUT2D eigenvalue weighted by atomic mass is 10.1. The van der Waals surface area contributed by atoms with E-state index in [0.717, 1.165) is 49.4 Å². The molecule has 2 unspecified atom stereocenters. The Kier molecular flexibility index (Phi) is 5.05. The third-order valence-corrected chi connectivity index (χ3v) is 3.75. The van der Waals surface area contributed by atoms with E-state index in [1.54, 1.807) is 14.2 Å². The molecule has 1 aromatic rings. The van der Waals surface area contributed by atoms with Gasteiger partial charge in [0, 0.05) is 12.1 Å². The molecule has 1 aliphatic rings. The van der Waals surface area contributed by atoms with Crippen LogP contribution in [-0.2, 0) is 6.54 Å². The van der Waals surface area contributed by atoms with Crippen LogP contribution < -0.4 is 14.8 Å². The Hall–Kier alpha value is -1.26. The van der Waals surface area contributed by atoms with Gasteiger partial charge < -0.3 is 19.9 Å². The van der Waals surface area contributed by atoms with Crippen molar-refractivity contribution in [3.63, 3.8) is 0 Å². The average molecular weight is 265 g/mol. The summed E-state index contributed by atoms with van der Waals surface area (Å²) in [5.41, 5.74) is 1.10. The van der Waals surface area contributed by atoms with E-state index in [-0.39, 0.29) is 6.10 Å². The molecule has 2 N–H and O–H groups in total. The predicted octanol–water partition coefficient (Wildman–Crippen LogP) is 1.95. The molecule has 2 atom stereocenters. The van der Waals surface area contributed by atoms with Crippen LogP contribution in [0.1, 0.15) is 24.8 Å². The Balaban J connectivity index is 1.87. The van der Waals surface area contributed by atoms with Gasteiger partial charge in [-0.3, -0.25) is 0 Å². The summed E-state index contributed by atoms with van der Waals surface area (Å²) in [5.74, 6) is 2.31. The summed E-state index contributed by atoms with van der Waals surface area (Å²) < 4.78 is 10.6. The summed E-state index contributed by atoms with van der Waals surface area (Å²) in [6.07, 6.45) is 2.87. The van der Waals surface area contributed by atoms with Gasteiger partial charge in [-0.05, 0) is 49.9 Å². The van der Waals surface area contributed by atoms with Gasteiger partial charge in [0.25, 0.3) is 0 Å². The number of methoxy groups -OCH3 is 2. The first-order valence-electron chi connectivity index (χ1n) is 6.82. The topological polar surface area (TPSA) is 50.7 Å². The predicted molar refractivity (Wildman–Crippen MR) is 74.6 cm³/mol. The summed E-state index contributed by atoms with van der Waals surface area (Å²) in [4.78, 5) is 0. The number of hydrogen-bond acceptors (Lipinski definition) is 4. The van der Waals surface area contributed by atoms with E-state index < -0.39 is 0 Å². The summed E-state index contributed by atoms with van der Waals surface area (Å²) in [6, 6.07) is 5.82. The van der Waals surface area contributed by atoms with Crippen LogP contribution in [-0.4, -0.2) is 32.0 Å². The van der Waals surface area contributed by atoms with Gasteiger partial charge in [-0.1, -0.05) is 0 Å². The quantitative estimate of drug-likeness (QED) is 0.825. The van der Waals surface area contributed by atoms with E-state index in [4.69, 9.17) is 9.47 Å². The molecule has 1 aromatic carbocycles. The SMILES string of the molecule is COc1ccc(OC)c(CNCC2CCC(O)C2)c1. The first kappa shape index (κ1) is 14.2. The highest BCUT2D eigenvalue weighted by molar-refractivity contribution is 5.40. The molecule has 106 valence electrons. The Morgan fingerprint density at radius 1 is 1.26 bits per heavy atom. The summed E-state index contributed by atoms with van der Waals surface area (Å²) in [7, 11) is 3.34. The maximum Gasteiger partial charge on any atom is 0.123 e. The molecule has 0 bridgehead atoms. The van der Waals surface area contributed by atoms with Gasteiger partial charge in [-0.25, -0.2) is 0 Å². The molecule has 1 fully saturated rings. The van der Waals surface area contributed by atoms with Crippen molar-refractivity contribution in [2.24, 2.45) is 5.92 Å². The van der Waals surface area contributed by atoms with Crippen molar-refractivity contribution in [3.05, 3.63) is 23.8 Å². The van der Waals surface area contributed by atoms with Crippen molar-refractivity contribution in [1.29, 1.82) is 0 Å². The van der Waals surface area contributed by atoms with Crippen LogP contribution in [0.15, 0.2) is 18.2 Å². The van der Waals surface area contributed by atoms with Gasteiger partial charge in [0.15, 0.2) is 0 Å². The molecule has 0 spiro atoms.